The van der Waals surface area contributed by atoms with E-state index in [-0.39, 0.29) is 23.8 Å². The lowest BCUT2D eigenvalue weighted by atomic mass is 9.89. The second kappa shape index (κ2) is 12.7. The lowest BCUT2D eigenvalue weighted by Crippen LogP contribution is -2.49. The van der Waals surface area contributed by atoms with Crippen LogP contribution in [-0.4, -0.2) is 76.4 Å². The number of carbonyl (C=O) groups is 2. The van der Waals surface area contributed by atoms with E-state index in [1.54, 1.807) is 12.5 Å². The van der Waals surface area contributed by atoms with Crippen LogP contribution in [0, 0.1) is 6.92 Å². The van der Waals surface area contributed by atoms with Crippen LogP contribution in [0.4, 0.5) is 0 Å². The van der Waals surface area contributed by atoms with Crippen LogP contribution < -0.4 is 10.1 Å². The molecule has 4 rings (SSSR count). The van der Waals surface area contributed by atoms with Gasteiger partial charge in [-0.2, -0.15) is 0 Å². The molecule has 202 valence electrons. The third-order valence-electron chi connectivity index (χ3n) is 7.09. The van der Waals surface area contributed by atoms with Crippen molar-refractivity contribution in [3.8, 4) is 5.75 Å². The molecule has 2 N–H and O–H groups in total. The van der Waals surface area contributed by atoms with Gasteiger partial charge in [0.05, 0.1) is 30.2 Å². The van der Waals surface area contributed by atoms with E-state index in [1.807, 2.05) is 74.1 Å². The molecule has 2 aromatic heterocycles. The number of imidazole rings is 1. The Balaban J connectivity index is 1.42. The number of aryl methyl sites for hydroxylation is 1. The fourth-order valence-corrected chi connectivity index (χ4v) is 4.98. The molecule has 2 amide bonds. The molecule has 0 bridgehead atoms. The molecule has 0 unspecified atom stereocenters. The van der Waals surface area contributed by atoms with Crippen molar-refractivity contribution in [3.63, 3.8) is 0 Å². The lowest BCUT2D eigenvalue weighted by molar-refractivity contribution is -0.137. The van der Waals surface area contributed by atoms with Crippen LogP contribution in [0.1, 0.15) is 58.7 Å². The maximum atomic E-state index is 13.4. The second-order valence-electron chi connectivity index (χ2n) is 9.97. The first-order valence-electron chi connectivity index (χ1n) is 13.3. The number of nitrogens with zero attached hydrogens (tertiary/aromatic N) is 4. The molecule has 1 aliphatic rings. The number of ether oxygens (including phenoxy) is 1. The van der Waals surface area contributed by atoms with Crippen molar-refractivity contribution in [1.82, 2.24) is 30.1 Å². The Labute approximate surface area is 224 Å². The van der Waals surface area contributed by atoms with Gasteiger partial charge in [-0.15, -0.1) is 0 Å². The quantitative estimate of drug-likeness (QED) is 0.427. The largest absolute Gasteiger partial charge is 0.494 e. The fourth-order valence-electron chi connectivity index (χ4n) is 4.98. The van der Waals surface area contributed by atoms with Crippen molar-refractivity contribution in [2.24, 2.45) is 0 Å². The normalized spacial score (nSPS) is 14.9. The van der Waals surface area contributed by atoms with E-state index in [0.717, 1.165) is 41.2 Å². The van der Waals surface area contributed by atoms with E-state index in [1.165, 1.54) is 0 Å². The van der Waals surface area contributed by atoms with E-state index in [2.05, 4.69) is 15.3 Å². The Hall–Kier alpha value is -3.72. The van der Waals surface area contributed by atoms with Crippen molar-refractivity contribution in [2.75, 3.05) is 33.8 Å². The van der Waals surface area contributed by atoms with Gasteiger partial charge >= 0.3 is 0 Å². The number of hydrogen-bond acceptors (Lipinski definition) is 6. The zero-order valence-corrected chi connectivity index (χ0v) is 22.7. The molecule has 0 saturated carbocycles. The number of rotatable bonds is 10. The number of carbonyl (C=O) groups excluding carboxylic acids is 2. The molecule has 9 nitrogen and oxygen atoms in total. The van der Waals surface area contributed by atoms with Gasteiger partial charge in [0.2, 0.25) is 5.91 Å². The molecule has 9 heteroatoms. The van der Waals surface area contributed by atoms with Crippen molar-refractivity contribution < 1.29 is 14.3 Å². The van der Waals surface area contributed by atoms with Crippen molar-refractivity contribution in [1.29, 1.82) is 0 Å². The smallest absolute Gasteiger partial charge is 0.253 e. The SMILES string of the molecule is CCOc1ccccc1CNC(=O)c1ccc(C)nc1C1CCN(C(=O)[C@H](Cc2cnc[nH]2)N(C)C)CC1. The van der Waals surface area contributed by atoms with Gasteiger partial charge in [0.25, 0.3) is 5.91 Å². The van der Waals surface area contributed by atoms with Crippen LogP contribution in [-0.2, 0) is 17.8 Å². The van der Waals surface area contributed by atoms with Crippen LogP contribution in [0.3, 0.4) is 0 Å². The highest BCUT2D eigenvalue weighted by Gasteiger charge is 2.32. The summed E-state index contributed by atoms with van der Waals surface area (Å²) < 4.78 is 5.70. The number of benzene rings is 1. The van der Waals surface area contributed by atoms with Crippen LogP contribution >= 0.6 is 0 Å². The molecule has 1 atom stereocenters. The summed E-state index contributed by atoms with van der Waals surface area (Å²) in [5.41, 5.74) is 4.16. The average molecular weight is 519 g/mol. The van der Waals surface area contributed by atoms with Gasteiger partial charge in [-0.3, -0.25) is 19.5 Å². The highest BCUT2D eigenvalue weighted by molar-refractivity contribution is 5.95. The van der Waals surface area contributed by atoms with Gasteiger partial charge in [0.1, 0.15) is 5.75 Å². The number of likely N-dealkylation sites (tertiary alicyclic amines) is 1. The van der Waals surface area contributed by atoms with E-state index in [4.69, 9.17) is 9.72 Å². The number of piperidine rings is 1. The number of likely N-dealkylation sites (N-methyl/N-ethyl adjacent to an activating group) is 1. The van der Waals surface area contributed by atoms with Crippen LogP contribution in [0.5, 0.6) is 5.75 Å². The standard InChI is InChI=1S/C29H38N6O3/c1-5-38-26-9-7-6-8-22(26)17-31-28(36)24-11-10-20(2)33-27(24)21-12-14-35(15-13-21)29(37)25(34(3)4)16-23-18-30-19-32-23/h6-11,18-19,21,25H,5,12-17H2,1-4H3,(H,30,32)(H,31,36)/t25-/m0/s1. The summed E-state index contributed by atoms with van der Waals surface area (Å²) in [6.07, 6.45) is 5.52. The van der Waals surface area contributed by atoms with Crippen molar-refractivity contribution in [3.05, 3.63) is 77.1 Å². The second-order valence-corrected chi connectivity index (χ2v) is 9.97. The zero-order chi connectivity index (χ0) is 27.1. The Bertz CT molecular complexity index is 1220. The third-order valence-corrected chi connectivity index (χ3v) is 7.09. The fraction of sp³-hybridized carbons (Fsp3) is 0.448. The number of aromatic amines is 1. The predicted molar refractivity (Wildman–Crippen MR) is 146 cm³/mol. The first-order valence-corrected chi connectivity index (χ1v) is 13.3. The minimum absolute atomic E-state index is 0.112. The number of para-hydroxylation sites is 1. The molecule has 3 aromatic rings. The maximum absolute atomic E-state index is 13.4. The van der Waals surface area contributed by atoms with Gasteiger partial charge in [-0.25, -0.2) is 4.98 Å². The Kier molecular flexibility index (Phi) is 9.12. The van der Waals surface area contributed by atoms with Gasteiger partial charge in [-0.1, -0.05) is 18.2 Å². The summed E-state index contributed by atoms with van der Waals surface area (Å²) in [4.78, 5) is 42.5. The summed E-state index contributed by atoms with van der Waals surface area (Å²) in [7, 11) is 3.86. The van der Waals surface area contributed by atoms with E-state index in [9.17, 15) is 9.59 Å². The van der Waals surface area contributed by atoms with E-state index >= 15 is 0 Å². The predicted octanol–water partition coefficient (Wildman–Crippen LogP) is 3.32. The number of H-pyrrole nitrogens is 1. The molecule has 1 fully saturated rings. The highest BCUT2D eigenvalue weighted by Crippen LogP contribution is 2.30. The topological polar surface area (TPSA) is 103 Å². The first-order chi connectivity index (χ1) is 18.4. The summed E-state index contributed by atoms with van der Waals surface area (Å²) in [5, 5.41) is 3.05. The Morgan fingerprint density at radius 1 is 1.18 bits per heavy atom. The summed E-state index contributed by atoms with van der Waals surface area (Å²) in [6, 6.07) is 11.2. The molecule has 1 saturated heterocycles. The molecule has 1 aromatic carbocycles. The number of aromatic nitrogens is 3. The van der Waals surface area contributed by atoms with E-state index < -0.39 is 0 Å². The Morgan fingerprint density at radius 3 is 2.63 bits per heavy atom. The molecular formula is C29H38N6O3. The number of nitrogens with one attached hydrogen (secondary N) is 2. The van der Waals surface area contributed by atoms with Gasteiger partial charge in [0.15, 0.2) is 0 Å². The van der Waals surface area contributed by atoms with Crippen molar-refractivity contribution >= 4 is 11.8 Å². The highest BCUT2D eigenvalue weighted by atomic mass is 16.5. The van der Waals surface area contributed by atoms with Crippen molar-refractivity contribution in [2.45, 2.75) is 51.6 Å². The minimum atomic E-state index is -0.259. The van der Waals surface area contributed by atoms with Crippen LogP contribution in [0.2, 0.25) is 0 Å². The first kappa shape index (κ1) is 27.3. The monoisotopic (exact) mass is 518 g/mol. The summed E-state index contributed by atoms with van der Waals surface area (Å²) in [6.45, 7) is 6.09. The maximum Gasteiger partial charge on any atom is 0.253 e. The van der Waals surface area contributed by atoms with Gasteiger partial charge in [-0.05, 0) is 59.0 Å². The third kappa shape index (κ3) is 6.58. The molecule has 1 aliphatic heterocycles. The van der Waals surface area contributed by atoms with Crippen LogP contribution in [0.15, 0.2) is 48.9 Å². The van der Waals surface area contributed by atoms with E-state index in [0.29, 0.717) is 38.2 Å². The summed E-state index contributed by atoms with van der Waals surface area (Å²) >= 11 is 0. The molecule has 0 spiro atoms. The molecule has 0 radical (unpaired) electrons. The molecular weight excluding hydrogens is 480 g/mol. The minimum Gasteiger partial charge on any atom is -0.494 e. The average Bonchev–Trinajstić information content (AvgIpc) is 3.44. The molecule has 0 aliphatic carbocycles. The zero-order valence-electron chi connectivity index (χ0n) is 22.7. The molecule has 38 heavy (non-hydrogen) atoms. The lowest BCUT2D eigenvalue weighted by Gasteiger charge is -2.36. The number of pyridine rings is 1. The number of hydrogen-bond donors (Lipinski definition) is 2. The Morgan fingerprint density at radius 2 is 1.95 bits per heavy atom. The number of amides is 2. The van der Waals surface area contributed by atoms with Gasteiger partial charge in [0, 0.05) is 55.1 Å². The molecule has 3 heterocycles. The van der Waals surface area contributed by atoms with Crippen LogP contribution in [0.25, 0.3) is 0 Å². The summed E-state index contributed by atoms with van der Waals surface area (Å²) in [5.74, 6) is 0.856. The van der Waals surface area contributed by atoms with Gasteiger partial charge < -0.3 is 19.9 Å².